The third-order valence-corrected chi connectivity index (χ3v) is 10.8. The highest BCUT2D eigenvalue weighted by Crippen LogP contribution is 2.63. The van der Waals surface area contributed by atoms with Gasteiger partial charge in [-0.3, -0.25) is 19.2 Å². The van der Waals surface area contributed by atoms with Crippen molar-refractivity contribution in [3.63, 3.8) is 0 Å². The SMILES string of the molecule is O=C(NCCO)c1cccc(CNC(=O)[C@@]23C[C@H]4OC(=O)[C@@H]2N(Cc2cccc(C=COCCO)c2)O[C@@H]3[C@H]2OC(C3CC3)(C3CC3)O[C@H]24)c1. The Balaban J connectivity index is 1.09. The number of aliphatic hydroxyl groups excluding tert-OH is 2. The summed E-state index contributed by atoms with van der Waals surface area (Å²) in [6, 6.07) is 13.6. The van der Waals surface area contributed by atoms with Crippen molar-refractivity contribution in [1.29, 1.82) is 0 Å². The van der Waals surface area contributed by atoms with Gasteiger partial charge in [0.15, 0.2) is 11.8 Å². The van der Waals surface area contributed by atoms with Gasteiger partial charge >= 0.3 is 5.97 Å². The molecule has 2 aromatic rings. The highest BCUT2D eigenvalue weighted by atomic mass is 16.8. The van der Waals surface area contributed by atoms with Gasteiger partial charge in [-0.25, -0.2) is 0 Å². The Morgan fingerprint density at radius 1 is 0.960 bits per heavy atom. The molecule has 2 bridgehead atoms. The fraction of sp³-hybridized carbons (Fsp3) is 0.541. The van der Waals surface area contributed by atoms with Gasteiger partial charge in [-0.05, 0) is 60.6 Å². The third-order valence-electron chi connectivity index (χ3n) is 10.8. The van der Waals surface area contributed by atoms with Crippen LogP contribution >= 0.6 is 0 Å². The van der Waals surface area contributed by atoms with E-state index in [1.807, 2.05) is 30.3 Å². The van der Waals surface area contributed by atoms with Crippen LogP contribution in [0, 0.1) is 17.3 Å². The number of carbonyl (C=O) groups excluding carboxylic acids is 3. The van der Waals surface area contributed by atoms with E-state index in [0.29, 0.717) is 11.1 Å². The number of amides is 2. The molecule has 0 radical (unpaired) electrons. The van der Waals surface area contributed by atoms with Crippen LogP contribution in [-0.4, -0.2) is 95.7 Å². The number of fused-ring (bicyclic) bond motifs is 4. The van der Waals surface area contributed by atoms with Gasteiger partial charge in [-0.2, -0.15) is 5.06 Å². The third kappa shape index (κ3) is 5.89. The van der Waals surface area contributed by atoms with E-state index in [1.54, 1.807) is 29.3 Å². The first-order valence-electron chi connectivity index (χ1n) is 17.6. The molecule has 0 aromatic heterocycles. The van der Waals surface area contributed by atoms with E-state index in [4.69, 9.17) is 34.0 Å². The normalized spacial score (nSPS) is 30.9. The first-order valence-corrected chi connectivity index (χ1v) is 17.6. The molecule has 2 aromatic carbocycles. The minimum absolute atomic E-state index is 0.0838. The number of hydrogen-bond donors (Lipinski definition) is 4. The molecule has 2 amide bonds. The molecule has 3 heterocycles. The number of nitrogens with zero attached hydrogens (tertiary/aromatic N) is 1. The van der Waals surface area contributed by atoms with E-state index in [2.05, 4.69) is 10.6 Å². The van der Waals surface area contributed by atoms with E-state index in [-0.39, 0.29) is 69.5 Å². The molecule has 6 fully saturated rings. The molecular formula is C37H43N3O10. The van der Waals surface area contributed by atoms with Crippen LogP contribution in [0.4, 0.5) is 0 Å². The van der Waals surface area contributed by atoms with Crippen molar-refractivity contribution >= 4 is 23.9 Å². The second kappa shape index (κ2) is 13.4. The maximum atomic E-state index is 14.7. The van der Waals surface area contributed by atoms with Crippen molar-refractivity contribution < 1.29 is 48.4 Å². The lowest BCUT2D eigenvalue weighted by Gasteiger charge is -2.48. The molecule has 8 rings (SSSR count). The Kier molecular flexibility index (Phi) is 8.90. The fourth-order valence-corrected chi connectivity index (χ4v) is 8.33. The molecule has 3 saturated carbocycles. The molecule has 266 valence electrons. The predicted octanol–water partition coefficient (Wildman–Crippen LogP) is 1.80. The summed E-state index contributed by atoms with van der Waals surface area (Å²) in [7, 11) is 0. The number of nitrogens with one attached hydrogen (secondary N) is 2. The lowest BCUT2D eigenvalue weighted by molar-refractivity contribution is -0.235. The zero-order chi connectivity index (χ0) is 34.5. The average Bonchev–Trinajstić information content (AvgIpc) is 4.07. The van der Waals surface area contributed by atoms with Crippen LogP contribution in [0.2, 0.25) is 0 Å². The summed E-state index contributed by atoms with van der Waals surface area (Å²) in [6.45, 7) is 0.392. The molecule has 4 N–H and O–H groups in total. The Morgan fingerprint density at radius 3 is 2.48 bits per heavy atom. The summed E-state index contributed by atoms with van der Waals surface area (Å²) in [5, 5.41) is 25.4. The number of rotatable bonds is 14. The smallest absolute Gasteiger partial charge is 0.327 e. The average molecular weight is 690 g/mol. The molecule has 50 heavy (non-hydrogen) atoms. The number of esters is 1. The first-order chi connectivity index (χ1) is 24.4. The number of benzene rings is 2. The fourth-order valence-electron chi connectivity index (χ4n) is 8.33. The Bertz CT molecular complexity index is 1650. The maximum absolute atomic E-state index is 14.7. The lowest BCUT2D eigenvalue weighted by Crippen LogP contribution is -2.69. The number of aliphatic hydroxyl groups is 2. The van der Waals surface area contributed by atoms with Crippen LogP contribution in [0.5, 0.6) is 0 Å². The molecule has 6 aliphatic rings. The lowest BCUT2D eigenvalue weighted by atomic mass is 9.62. The van der Waals surface area contributed by atoms with Crippen LogP contribution in [0.25, 0.3) is 6.08 Å². The molecule has 0 spiro atoms. The summed E-state index contributed by atoms with van der Waals surface area (Å²) in [6.07, 6.45) is 4.96. The van der Waals surface area contributed by atoms with E-state index in [1.165, 1.54) is 6.26 Å². The number of hydrogen-bond acceptors (Lipinski definition) is 11. The number of hydroxylamine groups is 2. The quantitative estimate of drug-likeness (QED) is 0.130. The molecule has 0 unspecified atom stereocenters. The van der Waals surface area contributed by atoms with Gasteiger partial charge in [0.25, 0.3) is 5.91 Å². The van der Waals surface area contributed by atoms with Crippen LogP contribution in [-0.2, 0) is 46.5 Å². The minimum Gasteiger partial charge on any atom is -0.499 e. The van der Waals surface area contributed by atoms with Crippen LogP contribution < -0.4 is 10.6 Å². The topological polar surface area (TPSA) is 165 Å². The second-order valence-corrected chi connectivity index (χ2v) is 14.2. The summed E-state index contributed by atoms with van der Waals surface area (Å²) in [4.78, 5) is 48.0. The largest absolute Gasteiger partial charge is 0.499 e. The van der Waals surface area contributed by atoms with Gasteiger partial charge in [0.2, 0.25) is 5.91 Å². The zero-order valence-corrected chi connectivity index (χ0v) is 27.7. The van der Waals surface area contributed by atoms with Crippen molar-refractivity contribution in [3.05, 3.63) is 77.0 Å². The minimum atomic E-state index is -1.32. The summed E-state index contributed by atoms with van der Waals surface area (Å²) in [5.74, 6) is -1.41. The van der Waals surface area contributed by atoms with E-state index in [9.17, 15) is 14.4 Å². The van der Waals surface area contributed by atoms with Crippen LogP contribution in [0.1, 0.15) is 59.2 Å². The van der Waals surface area contributed by atoms with Gasteiger partial charge in [-0.15, -0.1) is 0 Å². The van der Waals surface area contributed by atoms with Crippen LogP contribution in [0.15, 0.2) is 54.8 Å². The summed E-state index contributed by atoms with van der Waals surface area (Å²) < 4.78 is 25.2. The van der Waals surface area contributed by atoms with Crippen molar-refractivity contribution in [3.8, 4) is 0 Å². The first kappa shape index (κ1) is 33.3. The zero-order valence-electron chi connectivity index (χ0n) is 27.7. The molecule has 3 aliphatic carbocycles. The van der Waals surface area contributed by atoms with Gasteiger partial charge in [0.05, 0.1) is 26.0 Å². The van der Waals surface area contributed by atoms with E-state index >= 15 is 0 Å². The molecular weight excluding hydrogens is 646 g/mol. The monoisotopic (exact) mass is 689 g/mol. The standard InChI is InChI=1S/C37H43N3O10/c41-13-12-38-33(43)25-6-2-4-23(18-25)20-39-35(45)36-19-28-29-30(49-37(48-29,26-7-8-26)27-9-10-27)32(36)50-40(31(36)34(44)47-28)21-24-5-1-3-22(17-24)11-15-46-16-14-42/h1-6,11,15,17-18,26-32,41-42H,7-10,12-14,16,19-21H2,(H,38,43)(H,39,45)/t28-,29+,30+,31+,32-,36+/m1/s1. The highest BCUT2D eigenvalue weighted by Gasteiger charge is 2.78. The maximum Gasteiger partial charge on any atom is 0.327 e. The summed E-state index contributed by atoms with van der Waals surface area (Å²) in [5.41, 5.74) is 1.49. The number of carbonyl (C=O) groups is 3. The second-order valence-electron chi connectivity index (χ2n) is 14.2. The van der Waals surface area contributed by atoms with Crippen molar-refractivity contribution in [2.45, 2.75) is 81.4 Å². The van der Waals surface area contributed by atoms with E-state index in [0.717, 1.165) is 36.8 Å². The van der Waals surface area contributed by atoms with Gasteiger partial charge < -0.3 is 39.8 Å². The van der Waals surface area contributed by atoms with Crippen LogP contribution in [0.3, 0.4) is 0 Å². The van der Waals surface area contributed by atoms with E-state index < -0.39 is 47.6 Å². The molecule has 13 heteroatoms. The Hall–Kier alpha value is -3.85. The summed E-state index contributed by atoms with van der Waals surface area (Å²) >= 11 is 0. The Morgan fingerprint density at radius 2 is 1.72 bits per heavy atom. The van der Waals surface area contributed by atoms with Gasteiger partial charge in [-0.1, -0.05) is 36.4 Å². The molecule has 3 aliphatic heterocycles. The number of ether oxygens (including phenoxy) is 4. The molecule has 6 atom stereocenters. The van der Waals surface area contributed by atoms with Crippen molar-refractivity contribution in [2.24, 2.45) is 17.3 Å². The molecule has 13 nitrogen and oxygen atoms in total. The Labute approximate surface area is 289 Å². The highest BCUT2D eigenvalue weighted by molar-refractivity contribution is 5.95. The van der Waals surface area contributed by atoms with Gasteiger partial charge in [0.1, 0.15) is 36.4 Å². The van der Waals surface area contributed by atoms with Gasteiger partial charge in [0, 0.05) is 36.9 Å². The van der Waals surface area contributed by atoms with Crippen molar-refractivity contribution in [2.75, 3.05) is 26.4 Å². The van der Waals surface area contributed by atoms with Crippen molar-refractivity contribution in [1.82, 2.24) is 15.7 Å². The molecule has 3 saturated heterocycles. The predicted molar refractivity (Wildman–Crippen MR) is 175 cm³/mol.